The maximum absolute atomic E-state index is 14.4. The molecule has 0 saturated carbocycles. The van der Waals surface area contributed by atoms with Gasteiger partial charge in [0.1, 0.15) is 18.5 Å². The van der Waals surface area contributed by atoms with Crippen LogP contribution in [0.1, 0.15) is 5.56 Å². The second kappa shape index (κ2) is 6.46. The number of benzene rings is 1. The minimum Gasteiger partial charge on any atom is -0.453 e. The first kappa shape index (κ1) is 16.8. The molecule has 1 saturated heterocycles. The summed E-state index contributed by atoms with van der Waals surface area (Å²) in [5, 5.41) is 2.44. The van der Waals surface area contributed by atoms with Crippen molar-refractivity contribution >= 4 is 29.7 Å². The Balaban J connectivity index is 1.78. The number of carbonyl (C=O) groups is 3. The number of carbonyl (C=O) groups excluding carboxylic acids is 3. The number of ether oxygens (including phenoxy) is 3. The highest BCUT2D eigenvalue weighted by Crippen LogP contribution is 2.34. The fraction of sp³-hybridized carbons (Fsp3) is 0.400. The third kappa shape index (κ3) is 3.14. The summed E-state index contributed by atoms with van der Waals surface area (Å²) in [5.74, 6) is -0.643. The molecule has 1 atom stereocenters. The Kier molecular flexibility index (Phi) is 4.34. The van der Waals surface area contributed by atoms with Crippen LogP contribution in [0.3, 0.4) is 0 Å². The van der Waals surface area contributed by atoms with E-state index >= 15 is 0 Å². The van der Waals surface area contributed by atoms with Gasteiger partial charge in [-0.25, -0.2) is 18.8 Å². The van der Waals surface area contributed by atoms with Crippen LogP contribution < -0.4 is 15.1 Å². The van der Waals surface area contributed by atoms with Gasteiger partial charge in [-0.1, -0.05) is 0 Å². The van der Waals surface area contributed by atoms with E-state index in [1.807, 2.05) is 0 Å². The molecule has 2 heterocycles. The third-order valence-electron chi connectivity index (χ3n) is 3.93. The molecule has 1 unspecified atom stereocenters. The van der Waals surface area contributed by atoms with Gasteiger partial charge >= 0.3 is 18.3 Å². The normalized spacial score (nSPS) is 19.2. The number of rotatable bonds is 3. The van der Waals surface area contributed by atoms with Crippen LogP contribution in [0.2, 0.25) is 0 Å². The molecular formula is C15H16FN3O6. The highest BCUT2D eigenvalue weighted by molar-refractivity contribution is 5.93. The van der Waals surface area contributed by atoms with Crippen molar-refractivity contribution in [2.24, 2.45) is 0 Å². The molecule has 0 aromatic heterocycles. The molecule has 0 spiro atoms. The number of alkyl carbamates (subject to hydrolysis) is 1. The molecule has 3 rings (SSSR count). The molecule has 0 aliphatic carbocycles. The van der Waals surface area contributed by atoms with Crippen LogP contribution in [-0.4, -0.2) is 51.6 Å². The number of nitrogens with zero attached hydrogens (tertiary/aromatic N) is 2. The smallest absolute Gasteiger partial charge is 0.414 e. The van der Waals surface area contributed by atoms with Gasteiger partial charge in [-0.15, -0.1) is 0 Å². The Morgan fingerprint density at radius 3 is 2.88 bits per heavy atom. The molecule has 0 bridgehead atoms. The van der Waals surface area contributed by atoms with Gasteiger partial charge in [0.05, 0.1) is 31.6 Å². The highest BCUT2D eigenvalue weighted by atomic mass is 19.1. The lowest BCUT2D eigenvalue weighted by molar-refractivity contribution is 0.132. The van der Waals surface area contributed by atoms with E-state index in [9.17, 15) is 18.8 Å². The number of hydrogen-bond acceptors (Lipinski definition) is 6. The van der Waals surface area contributed by atoms with Crippen molar-refractivity contribution in [2.45, 2.75) is 12.7 Å². The van der Waals surface area contributed by atoms with E-state index in [1.54, 1.807) is 6.07 Å². The first-order chi connectivity index (χ1) is 11.9. The summed E-state index contributed by atoms with van der Waals surface area (Å²) < 4.78 is 29.0. The number of amides is 3. The van der Waals surface area contributed by atoms with Gasteiger partial charge < -0.3 is 19.5 Å². The molecule has 1 N–H and O–H groups in total. The van der Waals surface area contributed by atoms with Gasteiger partial charge in [-0.2, -0.15) is 0 Å². The Morgan fingerprint density at radius 2 is 2.16 bits per heavy atom. The molecule has 1 aromatic carbocycles. The number of anilines is 2. The number of methoxy groups -OCH3 is 1. The maximum atomic E-state index is 14.4. The first-order valence-electron chi connectivity index (χ1n) is 7.43. The lowest BCUT2D eigenvalue weighted by atomic mass is 10.1. The average molecular weight is 353 g/mol. The number of hydrogen-bond donors (Lipinski definition) is 1. The maximum Gasteiger partial charge on any atom is 0.414 e. The Hall–Kier alpha value is -3.04. The monoisotopic (exact) mass is 353 g/mol. The van der Waals surface area contributed by atoms with E-state index in [-0.39, 0.29) is 31.1 Å². The molecule has 0 radical (unpaired) electrons. The predicted octanol–water partition coefficient (Wildman–Crippen LogP) is 1.59. The number of halogens is 1. The van der Waals surface area contributed by atoms with Crippen molar-refractivity contribution in [2.75, 3.05) is 37.0 Å². The molecular weight excluding hydrogens is 337 g/mol. The quantitative estimate of drug-likeness (QED) is 0.829. The minimum atomic E-state index is -0.655. The van der Waals surface area contributed by atoms with Gasteiger partial charge in [-0.3, -0.25) is 9.80 Å². The summed E-state index contributed by atoms with van der Waals surface area (Å²) in [6, 6.07) is 2.73. The molecule has 1 aromatic rings. The van der Waals surface area contributed by atoms with Gasteiger partial charge in [0.2, 0.25) is 0 Å². The van der Waals surface area contributed by atoms with Gasteiger partial charge in [0.25, 0.3) is 0 Å². The van der Waals surface area contributed by atoms with E-state index in [2.05, 4.69) is 10.1 Å². The fourth-order valence-electron chi connectivity index (χ4n) is 2.72. The van der Waals surface area contributed by atoms with E-state index in [0.29, 0.717) is 5.56 Å². The lowest BCUT2D eigenvalue weighted by Gasteiger charge is -2.27. The van der Waals surface area contributed by atoms with E-state index in [0.717, 1.165) is 11.0 Å². The van der Waals surface area contributed by atoms with E-state index in [4.69, 9.17) is 9.47 Å². The van der Waals surface area contributed by atoms with Crippen molar-refractivity contribution < 1.29 is 33.0 Å². The summed E-state index contributed by atoms with van der Waals surface area (Å²) in [6.07, 6.45) is -2.53. The van der Waals surface area contributed by atoms with Crippen LogP contribution in [-0.2, 0) is 20.8 Å². The zero-order valence-corrected chi connectivity index (χ0v) is 13.6. The molecule has 2 aliphatic rings. The molecule has 3 amide bonds. The van der Waals surface area contributed by atoms with Gasteiger partial charge in [-0.05, 0) is 12.1 Å². The zero-order chi connectivity index (χ0) is 18.1. The van der Waals surface area contributed by atoms with Crippen LogP contribution >= 0.6 is 0 Å². The van der Waals surface area contributed by atoms with Crippen molar-refractivity contribution in [1.82, 2.24) is 5.32 Å². The summed E-state index contributed by atoms with van der Waals surface area (Å²) in [7, 11) is 2.63. The van der Waals surface area contributed by atoms with E-state index in [1.165, 1.54) is 19.1 Å². The van der Waals surface area contributed by atoms with Crippen LogP contribution in [0.4, 0.5) is 30.1 Å². The van der Waals surface area contributed by atoms with Crippen molar-refractivity contribution in [1.29, 1.82) is 0 Å². The summed E-state index contributed by atoms with van der Waals surface area (Å²) in [6.45, 7) is 0.124. The molecule has 1 fully saturated rings. The summed E-state index contributed by atoms with van der Waals surface area (Å²) in [5.41, 5.74) is 0.852. The molecule has 2 aliphatic heterocycles. The Morgan fingerprint density at radius 1 is 1.40 bits per heavy atom. The predicted molar refractivity (Wildman–Crippen MR) is 83.0 cm³/mol. The second-order valence-electron chi connectivity index (χ2n) is 5.54. The van der Waals surface area contributed by atoms with E-state index < -0.39 is 30.2 Å². The van der Waals surface area contributed by atoms with Crippen LogP contribution in [0, 0.1) is 5.82 Å². The van der Waals surface area contributed by atoms with Crippen LogP contribution in [0.25, 0.3) is 0 Å². The summed E-state index contributed by atoms with van der Waals surface area (Å²) in [4.78, 5) is 36.9. The second-order valence-corrected chi connectivity index (χ2v) is 5.54. The standard InChI is InChI=1S/C15H16FN3O6/c1-18-12-8(7-24-14(18)21)3-9(4-11(12)16)19-6-10(25-15(19)22)5-17-13(20)23-2/h3-4,10H,5-7H2,1-2H3,(H,17,20). The van der Waals surface area contributed by atoms with Crippen LogP contribution in [0.15, 0.2) is 12.1 Å². The lowest BCUT2D eigenvalue weighted by Crippen LogP contribution is -2.35. The third-order valence-corrected chi connectivity index (χ3v) is 3.93. The molecule has 134 valence electrons. The first-order valence-corrected chi connectivity index (χ1v) is 7.43. The number of cyclic esters (lactones) is 2. The average Bonchev–Trinajstić information content (AvgIpc) is 2.96. The number of nitrogens with one attached hydrogen (secondary N) is 1. The van der Waals surface area contributed by atoms with Crippen molar-refractivity contribution in [3.05, 3.63) is 23.5 Å². The summed E-state index contributed by atoms with van der Waals surface area (Å²) >= 11 is 0. The molecule has 9 nitrogen and oxygen atoms in total. The highest BCUT2D eigenvalue weighted by Gasteiger charge is 2.34. The SMILES string of the molecule is COC(=O)NCC1CN(c2cc(F)c3c(c2)COC(=O)N3C)C(=O)O1. The topological polar surface area (TPSA) is 97.4 Å². The van der Waals surface area contributed by atoms with Gasteiger partial charge in [0.15, 0.2) is 0 Å². The Labute approximate surface area is 142 Å². The largest absolute Gasteiger partial charge is 0.453 e. The van der Waals surface area contributed by atoms with Crippen molar-refractivity contribution in [3.8, 4) is 0 Å². The van der Waals surface area contributed by atoms with Gasteiger partial charge in [0, 0.05) is 12.6 Å². The van der Waals surface area contributed by atoms with Crippen molar-refractivity contribution in [3.63, 3.8) is 0 Å². The molecule has 10 heteroatoms. The Bertz CT molecular complexity index is 740. The number of fused-ring (bicyclic) bond motifs is 1. The molecule has 25 heavy (non-hydrogen) atoms. The fourth-order valence-corrected chi connectivity index (χ4v) is 2.72. The minimum absolute atomic E-state index is 0.0721. The zero-order valence-electron chi connectivity index (χ0n) is 13.6. The van der Waals surface area contributed by atoms with Crippen LogP contribution in [0.5, 0.6) is 0 Å².